The van der Waals surface area contributed by atoms with Crippen molar-refractivity contribution in [3.63, 3.8) is 0 Å². The van der Waals surface area contributed by atoms with Crippen molar-refractivity contribution in [2.24, 2.45) is 40.8 Å². The zero-order valence-electron chi connectivity index (χ0n) is 38.8. The maximum absolute atomic E-state index is 12.8. The molecule has 357 valence electrons. The standard InChI is InChI=1S/2C28H24N6O2.V/c2*29-23-17-9-7-15-21(23)27(35)33-31-25(19-11-3-1-4-12-19)26(20-13-5-2-6-14-20)32-34-28(36)22-16-8-10-18-24(22)30;/h2*1-18H,29-30H2,(H,33,35)(H,34,36);/q;;+4/p-4/b2*31-25+,32-26+;. The second kappa shape index (κ2) is 26.2. The summed E-state index contributed by atoms with van der Waals surface area (Å²) in [6.07, 6.45) is 0. The van der Waals surface area contributed by atoms with Crippen molar-refractivity contribution in [1.82, 2.24) is 0 Å². The Hall–Kier alpha value is -9.90. The molecule has 0 aromatic heterocycles. The summed E-state index contributed by atoms with van der Waals surface area (Å²) in [7, 11) is 0. The van der Waals surface area contributed by atoms with Gasteiger partial charge in [0, 0.05) is 90.8 Å². The van der Waals surface area contributed by atoms with Crippen LogP contribution in [0.5, 0.6) is 0 Å². The van der Waals surface area contributed by atoms with Crippen molar-refractivity contribution < 1.29 is 39.0 Å². The number of nitrogen functional groups attached to an aromatic ring is 4. The van der Waals surface area contributed by atoms with Gasteiger partial charge in [0.05, 0.1) is 0 Å². The molecular formula is C56H44N12O4V. The molecule has 16 nitrogen and oxygen atoms in total. The minimum Gasteiger partial charge on any atom is -0.857 e. The maximum Gasteiger partial charge on any atom is 4.00 e. The van der Waals surface area contributed by atoms with E-state index in [0.29, 0.717) is 45.0 Å². The number of hydrogen-bond donors (Lipinski definition) is 4. The normalized spacial score (nSPS) is 12.8. The van der Waals surface area contributed by atoms with Crippen LogP contribution in [0.15, 0.2) is 259 Å². The van der Waals surface area contributed by atoms with Crippen LogP contribution >= 0.6 is 0 Å². The van der Waals surface area contributed by atoms with Gasteiger partial charge < -0.3 is 43.4 Å². The Kier molecular flexibility index (Phi) is 18.8. The zero-order valence-corrected chi connectivity index (χ0v) is 40.1. The van der Waals surface area contributed by atoms with Gasteiger partial charge in [-0.25, -0.2) is 0 Å². The average Bonchev–Trinajstić information content (AvgIpc) is 3.41. The van der Waals surface area contributed by atoms with E-state index in [9.17, 15) is 20.4 Å². The second-order valence-electron chi connectivity index (χ2n) is 15.2. The quantitative estimate of drug-likeness (QED) is 0.0488. The van der Waals surface area contributed by atoms with Crippen LogP contribution in [0.1, 0.15) is 44.5 Å². The number of anilines is 4. The molecule has 0 aliphatic heterocycles. The Morgan fingerprint density at radius 2 is 0.397 bits per heavy atom. The largest absolute Gasteiger partial charge is 4.00 e. The monoisotopic (exact) mass is 999 g/mol. The number of hydrogen-bond acceptors (Lipinski definition) is 16. The third-order valence-electron chi connectivity index (χ3n) is 10.4. The van der Waals surface area contributed by atoms with Gasteiger partial charge >= 0.3 is 18.6 Å². The van der Waals surface area contributed by atoms with Crippen molar-refractivity contribution in [2.75, 3.05) is 22.9 Å². The molecule has 1 radical (unpaired) electrons. The van der Waals surface area contributed by atoms with Crippen molar-refractivity contribution in [3.05, 3.63) is 263 Å². The molecule has 0 saturated carbocycles. The van der Waals surface area contributed by atoms with Gasteiger partial charge in [-0.3, -0.25) is 0 Å². The first-order chi connectivity index (χ1) is 35.1. The molecule has 0 bridgehead atoms. The predicted molar refractivity (Wildman–Crippen MR) is 281 cm³/mol. The number of rotatable bonds is 14. The van der Waals surface area contributed by atoms with Gasteiger partial charge in [-0.15, -0.1) is 20.4 Å². The van der Waals surface area contributed by atoms with E-state index in [2.05, 4.69) is 40.8 Å². The van der Waals surface area contributed by atoms with Crippen LogP contribution in [0.2, 0.25) is 0 Å². The average molecular weight is 1000 g/mol. The molecule has 8 rings (SSSR count). The van der Waals surface area contributed by atoms with Gasteiger partial charge in [0.15, 0.2) is 0 Å². The third-order valence-corrected chi connectivity index (χ3v) is 10.4. The summed E-state index contributed by atoms with van der Waals surface area (Å²) in [6, 6.07) is 62.7. The van der Waals surface area contributed by atoms with Crippen LogP contribution in [-0.4, -0.2) is 46.4 Å². The number of para-hydroxylation sites is 4. The number of benzene rings is 8. The molecule has 8 N–H and O–H groups in total. The summed E-state index contributed by atoms with van der Waals surface area (Å²) in [5, 5.41) is 83.8. The van der Waals surface area contributed by atoms with E-state index in [4.69, 9.17) is 22.9 Å². The Labute approximate surface area is 432 Å². The Morgan fingerprint density at radius 3 is 0.575 bits per heavy atom. The summed E-state index contributed by atoms with van der Waals surface area (Å²) >= 11 is 0. The molecule has 0 saturated heterocycles. The first kappa shape index (κ1) is 52.5. The topological polar surface area (TPSA) is 295 Å². The summed E-state index contributed by atoms with van der Waals surface area (Å²) in [6.45, 7) is 0. The Bertz CT molecular complexity index is 2930. The van der Waals surface area contributed by atoms with Crippen LogP contribution in [0.4, 0.5) is 22.7 Å². The Morgan fingerprint density at radius 1 is 0.233 bits per heavy atom. The van der Waals surface area contributed by atoms with Gasteiger partial charge in [-0.1, -0.05) is 194 Å². The van der Waals surface area contributed by atoms with E-state index in [1.807, 2.05) is 72.8 Å². The molecule has 0 atom stereocenters. The number of nitrogens with zero attached hydrogens (tertiary/aromatic N) is 8. The minimum absolute atomic E-state index is 0. The molecule has 73 heavy (non-hydrogen) atoms. The van der Waals surface area contributed by atoms with E-state index >= 15 is 0 Å². The van der Waals surface area contributed by atoms with Gasteiger partial charge in [0.1, 0.15) is 22.8 Å². The van der Waals surface area contributed by atoms with E-state index in [-0.39, 0.29) is 63.7 Å². The van der Waals surface area contributed by atoms with Crippen LogP contribution in [-0.2, 0) is 18.6 Å². The van der Waals surface area contributed by atoms with E-state index < -0.39 is 23.6 Å². The smallest absolute Gasteiger partial charge is 0.857 e. The first-order valence-electron chi connectivity index (χ1n) is 22.0. The second-order valence-corrected chi connectivity index (χ2v) is 15.2. The third kappa shape index (κ3) is 14.1. The summed E-state index contributed by atoms with van der Waals surface area (Å²) in [5.41, 5.74) is 29.3. The molecule has 0 unspecified atom stereocenters. The predicted octanol–water partition coefficient (Wildman–Crippen LogP) is 5.14. The molecule has 0 spiro atoms. The molecule has 8 aromatic rings. The van der Waals surface area contributed by atoms with Gasteiger partial charge in [-0.05, 0) is 24.3 Å². The molecule has 0 aliphatic carbocycles. The first-order valence-corrected chi connectivity index (χ1v) is 22.0. The molecule has 0 aliphatic rings. The molecule has 0 heterocycles. The maximum atomic E-state index is 12.8. The van der Waals surface area contributed by atoms with Crippen molar-refractivity contribution >= 4 is 69.2 Å². The fraction of sp³-hybridized carbons (Fsp3) is 0. The molecule has 8 aromatic carbocycles. The summed E-state index contributed by atoms with van der Waals surface area (Å²) in [4.78, 5) is 0. The Balaban J connectivity index is 0.000000235. The van der Waals surface area contributed by atoms with Crippen molar-refractivity contribution in [2.45, 2.75) is 0 Å². The van der Waals surface area contributed by atoms with Crippen molar-refractivity contribution in [3.8, 4) is 0 Å². The fourth-order valence-corrected chi connectivity index (χ4v) is 6.72. The fourth-order valence-electron chi connectivity index (χ4n) is 6.72. The van der Waals surface area contributed by atoms with Crippen LogP contribution in [0, 0.1) is 0 Å². The minimum atomic E-state index is -0.612. The molecule has 17 heteroatoms. The SMILES string of the molecule is Nc1ccccc1/C([O-])=N/N=C(/C(=N/N=C(\[O-])c1ccccc1N)c1ccccc1)c1ccccc1.Nc1ccccc1/C([O-])=N/N=C(/C(=N/N=C(\[O-])c1ccccc1N)c1ccccc1)c1ccccc1.[V+4]. The molecular weight excluding hydrogens is 956 g/mol. The number of nitrogens with two attached hydrogens (primary N) is 4. The van der Waals surface area contributed by atoms with Crippen LogP contribution < -0.4 is 43.4 Å². The van der Waals surface area contributed by atoms with E-state index in [1.165, 1.54) is 0 Å². The van der Waals surface area contributed by atoms with E-state index in [1.54, 1.807) is 146 Å². The summed E-state index contributed by atoms with van der Waals surface area (Å²) < 4.78 is 0. The van der Waals surface area contributed by atoms with Gasteiger partial charge in [0.25, 0.3) is 0 Å². The molecule has 0 amide bonds. The van der Waals surface area contributed by atoms with Gasteiger partial charge in [-0.2, -0.15) is 20.4 Å². The van der Waals surface area contributed by atoms with Crippen LogP contribution in [0.25, 0.3) is 0 Å². The van der Waals surface area contributed by atoms with E-state index in [0.717, 1.165) is 0 Å². The van der Waals surface area contributed by atoms with Gasteiger partial charge in [0.2, 0.25) is 0 Å². The summed E-state index contributed by atoms with van der Waals surface area (Å²) in [5.74, 6) is -2.45. The zero-order chi connectivity index (χ0) is 50.7. The van der Waals surface area contributed by atoms with Crippen LogP contribution in [0.3, 0.4) is 0 Å². The van der Waals surface area contributed by atoms with Crippen molar-refractivity contribution in [1.29, 1.82) is 0 Å². The molecule has 0 fully saturated rings.